The lowest BCUT2D eigenvalue weighted by Crippen LogP contribution is -2.40. The van der Waals surface area contributed by atoms with E-state index in [0.29, 0.717) is 31.1 Å². The molecule has 1 heterocycles. The van der Waals surface area contributed by atoms with E-state index in [9.17, 15) is 4.79 Å². The van der Waals surface area contributed by atoms with Crippen molar-refractivity contribution in [1.29, 1.82) is 0 Å². The standard InChI is InChI=1S/C29H30ClNO3/c30-26-16-15-23-19-31(18-17-25(23)28(26)33-20-21-9-3-1-4-10-21)29(32)27(22-11-5-2-6-12-22)34-24-13-7-8-14-24/h1-6,9-12,15-16,24,27H,7-8,13-14,17-20H2. The zero-order chi connectivity index (χ0) is 23.3. The predicted octanol–water partition coefficient (Wildman–Crippen LogP) is 6.50. The van der Waals surface area contributed by atoms with Crippen LogP contribution in [0.2, 0.25) is 5.02 Å². The fourth-order valence-electron chi connectivity index (χ4n) is 4.96. The molecule has 4 nitrogen and oxygen atoms in total. The number of nitrogens with zero attached hydrogens (tertiary/aromatic N) is 1. The molecule has 34 heavy (non-hydrogen) atoms. The third-order valence-electron chi connectivity index (χ3n) is 6.80. The molecule has 2 aliphatic rings. The number of carbonyl (C=O) groups is 1. The van der Waals surface area contributed by atoms with E-state index < -0.39 is 6.10 Å². The monoisotopic (exact) mass is 475 g/mol. The normalized spacial score (nSPS) is 16.8. The van der Waals surface area contributed by atoms with Crippen LogP contribution in [0.3, 0.4) is 0 Å². The van der Waals surface area contributed by atoms with Gasteiger partial charge in [-0.05, 0) is 42.0 Å². The molecular weight excluding hydrogens is 446 g/mol. The minimum absolute atomic E-state index is 0.0328. The fraction of sp³-hybridized carbons (Fsp3) is 0.345. The third-order valence-corrected chi connectivity index (χ3v) is 7.10. The molecular formula is C29H30ClNO3. The van der Waals surface area contributed by atoms with Crippen LogP contribution in [-0.2, 0) is 29.1 Å². The first-order valence-corrected chi connectivity index (χ1v) is 12.5. The van der Waals surface area contributed by atoms with Crippen molar-refractivity contribution in [2.24, 2.45) is 0 Å². The molecule has 1 fully saturated rings. The molecule has 5 rings (SSSR count). The molecule has 3 aromatic rings. The number of benzene rings is 3. The first-order chi connectivity index (χ1) is 16.7. The Labute approximate surface area is 206 Å². The highest BCUT2D eigenvalue weighted by molar-refractivity contribution is 6.32. The van der Waals surface area contributed by atoms with Gasteiger partial charge in [-0.25, -0.2) is 0 Å². The van der Waals surface area contributed by atoms with Gasteiger partial charge in [-0.15, -0.1) is 0 Å². The molecule has 0 spiro atoms. The molecule has 0 bridgehead atoms. The zero-order valence-corrected chi connectivity index (χ0v) is 20.0. The first-order valence-electron chi connectivity index (χ1n) is 12.1. The van der Waals surface area contributed by atoms with Gasteiger partial charge in [-0.3, -0.25) is 4.79 Å². The summed E-state index contributed by atoms with van der Waals surface area (Å²) >= 11 is 6.53. The third kappa shape index (κ3) is 5.13. The summed E-state index contributed by atoms with van der Waals surface area (Å²) in [7, 11) is 0. The van der Waals surface area contributed by atoms with E-state index in [0.717, 1.165) is 40.8 Å². The van der Waals surface area contributed by atoms with E-state index in [1.165, 1.54) is 12.8 Å². The van der Waals surface area contributed by atoms with E-state index in [1.807, 2.05) is 77.7 Å². The second kappa shape index (κ2) is 10.6. The Balaban J connectivity index is 1.34. The quantitative estimate of drug-likeness (QED) is 0.391. The van der Waals surface area contributed by atoms with Crippen LogP contribution in [0.4, 0.5) is 0 Å². The highest BCUT2D eigenvalue weighted by atomic mass is 35.5. The number of amides is 1. The smallest absolute Gasteiger partial charge is 0.256 e. The molecule has 176 valence electrons. The van der Waals surface area contributed by atoms with Gasteiger partial charge in [0.1, 0.15) is 12.4 Å². The van der Waals surface area contributed by atoms with Crippen LogP contribution >= 0.6 is 11.6 Å². The van der Waals surface area contributed by atoms with Crippen molar-refractivity contribution in [3.8, 4) is 5.75 Å². The Kier molecular flexibility index (Phi) is 7.17. The van der Waals surface area contributed by atoms with Crippen LogP contribution < -0.4 is 4.74 Å². The van der Waals surface area contributed by atoms with Crippen LogP contribution in [0.1, 0.15) is 54.0 Å². The van der Waals surface area contributed by atoms with Crippen LogP contribution in [0.15, 0.2) is 72.8 Å². The van der Waals surface area contributed by atoms with Gasteiger partial charge in [0.15, 0.2) is 6.10 Å². The summed E-state index contributed by atoms with van der Waals surface area (Å²) in [5, 5.41) is 0.612. The number of hydrogen-bond acceptors (Lipinski definition) is 3. The van der Waals surface area contributed by atoms with Gasteiger partial charge in [0, 0.05) is 18.7 Å². The lowest BCUT2D eigenvalue weighted by Gasteiger charge is -2.33. The lowest BCUT2D eigenvalue weighted by molar-refractivity contribution is -0.149. The van der Waals surface area contributed by atoms with E-state index in [2.05, 4.69) is 0 Å². The molecule has 0 N–H and O–H groups in total. The Morgan fingerprint density at radius 2 is 1.68 bits per heavy atom. The van der Waals surface area contributed by atoms with Crippen LogP contribution in [-0.4, -0.2) is 23.5 Å². The maximum Gasteiger partial charge on any atom is 0.256 e. The summed E-state index contributed by atoms with van der Waals surface area (Å²) < 4.78 is 12.6. The van der Waals surface area contributed by atoms with Gasteiger partial charge in [-0.1, -0.05) is 91.2 Å². The number of halogens is 1. The molecule has 1 unspecified atom stereocenters. The molecule has 0 saturated heterocycles. The maximum atomic E-state index is 13.7. The lowest BCUT2D eigenvalue weighted by atomic mass is 9.97. The Hall–Kier alpha value is -2.82. The first kappa shape index (κ1) is 22.9. The number of hydrogen-bond donors (Lipinski definition) is 0. The predicted molar refractivity (Wildman–Crippen MR) is 134 cm³/mol. The number of ether oxygens (including phenoxy) is 2. The molecule has 1 atom stereocenters. The molecule has 0 radical (unpaired) electrons. The second-order valence-electron chi connectivity index (χ2n) is 9.13. The summed E-state index contributed by atoms with van der Waals surface area (Å²) in [6, 6.07) is 23.9. The van der Waals surface area contributed by atoms with Crippen LogP contribution in [0.25, 0.3) is 0 Å². The Morgan fingerprint density at radius 1 is 0.971 bits per heavy atom. The van der Waals surface area contributed by atoms with Gasteiger partial charge < -0.3 is 14.4 Å². The highest BCUT2D eigenvalue weighted by Gasteiger charge is 2.33. The topological polar surface area (TPSA) is 38.8 Å². The zero-order valence-electron chi connectivity index (χ0n) is 19.3. The van der Waals surface area contributed by atoms with Crippen LogP contribution in [0, 0.1) is 0 Å². The van der Waals surface area contributed by atoms with Crippen molar-refractivity contribution in [3.63, 3.8) is 0 Å². The average molecular weight is 476 g/mol. The van der Waals surface area contributed by atoms with Crippen molar-refractivity contribution in [3.05, 3.63) is 100 Å². The van der Waals surface area contributed by atoms with Gasteiger partial charge >= 0.3 is 0 Å². The SMILES string of the molecule is O=C(C(OC1CCCC1)c1ccccc1)N1CCc2c(ccc(Cl)c2OCc2ccccc2)C1. The number of fused-ring (bicyclic) bond motifs is 1. The van der Waals surface area contributed by atoms with Gasteiger partial charge in [0.25, 0.3) is 5.91 Å². The van der Waals surface area contributed by atoms with Gasteiger partial charge in [0.2, 0.25) is 0 Å². The van der Waals surface area contributed by atoms with E-state index in [-0.39, 0.29) is 12.0 Å². The Bertz CT molecular complexity index is 1110. The van der Waals surface area contributed by atoms with Crippen molar-refractivity contribution in [2.45, 2.75) is 57.5 Å². The molecule has 5 heteroatoms. The summed E-state index contributed by atoms with van der Waals surface area (Å²) in [6.45, 7) is 1.61. The van der Waals surface area contributed by atoms with E-state index >= 15 is 0 Å². The largest absolute Gasteiger partial charge is 0.487 e. The molecule has 1 aliphatic carbocycles. The van der Waals surface area contributed by atoms with Crippen molar-refractivity contribution in [1.82, 2.24) is 4.90 Å². The molecule has 3 aromatic carbocycles. The highest BCUT2D eigenvalue weighted by Crippen LogP contribution is 2.37. The average Bonchev–Trinajstić information content (AvgIpc) is 3.40. The maximum absolute atomic E-state index is 13.7. The van der Waals surface area contributed by atoms with Gasteiger partial charge in [-0.2, -0.15) is 0 Å². The molecule has 1 amide bonds. The number of rotatable bonds is 7. The van der Waals surface area contributed by atoms with Crippen molar-refractivity contribution in [2.75, 3.05) is 6.54 Å². The number of carbonyl (C=O) groups excluding carboxylic acids is 1. The van der Waals surface area contributed by atoms with E-state index in [4.69, 9.17) is 21.1 Å². The van der Waals surface area contributed by atoms with Crippen molar-refractivity contribution < 1.29 is 14.3 Å². The molecule has 1 aliphatic heterocycles. The Morgan fingerprint density at radius 3 is 2.41 bits per heavy atom. The summed E-state index contributed by atoms with van der Waals surface area (Å²) in [5.41, 5.74) is 4.20. The fourth-order valence-corrected chi connectivity index (χ4v) is 5.19. The van der Waals surface area contributed by atoms with Crippen molar-refractivity contribution >= 4 is 17.5 Å². The minimum atomic E-state index is -0.563. The summed E-state index contributed by atoms with van der Waals surface area (Å²) in [5.74, 6) is 0.766. The minimum Gasteiger partial charge on any atom is -0.487 e. The molecule has 1 saturated carbocycles. The van der Waals surface area contributed by atoms with Crippen LogP contribution in [0.5, 0.6) is 5.75 Å². The summed E-state index contributed by atoms with van der Waals surface area (Å²) in [4.78, 5) is 15.6. The second-order valence-corrected chi connectivity index (χ2v) is 9.54. The summed E-state index contributed by atoms with van der Waals surface area (Å²) in [6.07, 6.45) is 4.69. The molecule has 0 aromatic heterocycles. The van der Waals surface area contributed by atoms with Gasteiger partial charge in [0.05, 0.1) is 11.1 Å². The van der Waals surface area contributed by atoms with E-state index in [1.54, 1.807) is 0 Å².